The van der Waals surface area contributed by atoms with E-state index in [0.29, 0.717) is 25.2 Å². The SMILES string of the molecule is CCCCCc1ccc(NC(=O)CCCOc2ccc(S(C)(=O)=O)cc2)cc1. The second kappa shape index (κ2) is 10.9. The largest absolute Gasteiger partial charge is 0.494 e. The van der Waals surface area contributed by atoms with Crippen LogP contribution < -0.4 is 10.1 Å². The molecule has 0 heterocycles. The number of aryl methyl sites for hydroxylation is 1. The molecule has 0 saturated carbocycles. The van der Waals surface area contributed by atoms with Crippen molar-refractivity contribution in [2.75, 3.05) is 18.2 Å². The van der Waals surface area contributed by atoms with Gasteiger partial charge in [0, 0.05) is 18.4 Å². The maximum absolute atomic E-state index is 12.0. The number of nitrogens with one attached hydrogen (secondary N) is 1. The summed E-state index contributed by atoms with van der Waals surface area (Å²) in [5.74, 6) is 0.543. The van der Waals surface area contributed by atoms with Gasteiger partial charge < -0.3 is 10.1 Å². The summed E-state index contributed by atoms with van der Waals surface area (Å²) in [5, 5.41) is 2.90. The van der Waals surface area contributed by atoms with E-state index < -0.39 is 9.84 Å². The zero-order chi connectivity index (χ0) is 20.4. The van der Waals surface area contributed by atoms with Crippen molar-refractivity contribution in [3.8, 4) is 5.75 Å². The average molecular weight is 404 g/mol. The number of carbonyl (C=O) groups is 1. The lowest BCUT2D eigenvalue weighted by molar-refractivity contribution is -0.116. The van der Waals surface area contributed by atoms with E-state index in [9.17, 15) is 13.2 Å². The third kappa shape index (κ3) is 7.72. The lowest BCUT2D eigenvalue weighted by atomic mass is 10.1. The smallest absolute Gasteiger partial charge is 0.224 e. The predicted octanol–water partition coefficient (Wildman–Crippen LogP) is 4.62. The first-order chi connectivity index (χ1) is 13.4. The number of sulfone groups is 1. The summed E-state index contributed by atoms with van der Waals surface area (Å²) in [6, 6.07) is 14.3. The summed E-state index contributed by atoms with van der Waals surface area (Å²) >= 11 is 0. The van der Waals surface area contributed by atoms with Crippen LogP contribution in [-0.2, 0) is 21.1 Å². The number of benzene rings is 2. The van der Waals surface area contributed by atoms with Gasteiger partial charge in [-0.1, -0.05) is 31.9 Å². The van der Waals surface area contributed by atoms with Crippen LogP contribution in [0.3, 0.4) is 0 Å². The van der Waals surface area contributed by atoms with Gasteiger partial charge in [-0.15, -0.1) is 0 Å². The number of unbranched alkanes of at least 4 members (excludes halogenated alkanes) is 2. The van der Waals surface area contributed by atoms with Crippen LogP contribution in [0.2, 0.25) is 0 Å². The predicted molar refractivity (Wildman–Crippen MR) is 113 cm³/mol. The highest BCUT2D eigenvalue weighted by Crippen LogP contribution is 2.16. The van der Waals surface area contributed by atoms with Crippen LogP contribution in [0.15, 0.2) is 53.4 Å². The Hall–Kier alpha value is -2.34. The Kier molecular flexibility index (Phi) is 8.51. The fraction of sp³-hybridized carbons (Fsp3) is 0.409. The highest BCUT2D eigenvalue weighted by atomic mass is 32.2. The maximum atomic E-state index is 12.0. The molecule has 0 fully saturated rings. The van der Waals surface area contributed by atoms with Crippen molar-refractivity contribution in [2.45, 2.75) is 50.3 Å². The van der Waals surface area contributed by atoms with Gasteiger partial charge in [0.15, 0.2) is 9.84 Å². The lowest BCUT2D eigenvalue weighted by Gasteiger charge is -2.08. The van der Waals surface area contributed by atoms with Crippen molar-refractivity contribution in [3.63, 3.8) is 0 Å². The van der Waals surface area contributed by atoms with E-state index in [1.54, 1.807) is 12.1 Å². The molecule has 0 spiro atoms. The summed E-state index contributed by atoms with van der Waals surface area (Å²) < 4.78 is 28.4. The molecular weight excluding hydrogens is 374 g/mol. The Labute approximate surface area is 168 Å². The van der Waals surface area contributed by atoms with E-state index in [-0.39, 0.29) is 10.8 Å². The molecule has 0 radical (unpaired) electrons. The Bertz CT molecular complexity index is 843. The second-order valence-corrected chi connectivity index (χ2v) is 8.91. The maximum Gasteiger partial charge on any atom is 0.224 e. The van der Waals surface area contributed by atoms with Crippen LogP contribution >= 0.6 is 0 Å². The van der Waals surface area contributed by atoms with Crippen molar-refractivity contribution < 1.29 is 17.9 Å². The summed E-state index contributed by atoms with van der Waals surface area (Å²) in [5.41, 5.74) is 2.10. The van der Waals surface area contributed by atoms with Gasteiger partial charge in [-0.25, -0.2) is 8.42 Å². The van der Waals surface area contributed by atoms with Crippen molar-refractivity contribution in [2.24, 2.45) is 0 Å². The molecule has 2 aromatic carbocycles. The Morgan fingerprint density at radius 1 is 0.964 bits per heavy atom. The molecule has 1 N–H and O–H groups in total. The Balaban J connectivity index is 1.68. The molecule has 0 bridgehead atoms. The molecular formula is C22H29NO4S. The van der Waals surface area contributed by atoms with Crippen molar-refractivity contribution in [1.82, 2.24) is 0 Å². The van der Waals surface area contributed by atoms with Crippen LogP contribution in [0.4, 0.5) is 5.69 Å². The first-order valence-electron chi connectivity index (χ1n) is 9.70. The summed E-state index contributed by atoms with van der Waals surface area (Å²) in [4.78, 5) is 12.3. The van der Waals surface area contributed by atoms with E-state index in [0.717, 1.165) is 12.1 Å². The summed E-state index contributed by atoms with van der Waals surface area (Å²) in [6.45, 7) is 2.58. The van der Waals surface area contributed by atoms with Crippen LogP contribution in [0.25, 0.3) is 0 Å². The van der Waals surface area contributed by atoms with Gasteiger partial charge in [-0.2, -0.15) is 0 Å². The fourth-order valence-corrected chi connectivity index (χ4v) is 3.39. The molecule has 0 aliphatic rings. The van der Waals surface area contributed by atoms with Crippen LogP contribution in [-0.4, -0.2) is 27.2 Å². The Morgan fingerprint density at radius 3 is 2.25 bits per heavy atom. The third-order valence-corrected chi connectivity index (χ3v) is 5.50. The third-order valence-electron chi connectivity index (χ3n) is 4.38. The van der Waals surface area contributed by atoms with Gasteiger partial charge in [-0.05, 0) is 61.2 Å². The van der Waals surface area contributed by atoms with Gasteiger partial charge in [0.05, 0.1) is 11.5 Å². The number of hydrogen-bond donors (Lipinski definition) is 1. The summed E-state index contributed by atoms with van der Waals surface area (Å²) in [7, 11) is -3.20. The molecule has 6 heteroatoms. The highest BCUT2D eigenvalue weighted by molar-refractivity contribution is 7.90. The highest BCUT2D eigenvalue weighted by Gasteiger charge is 2.07. The van der Waals surface area contributed by atoms with E-state index in [1.165, 1.54) is 43.2 Å². The molecule has 0 atom stereocenters. The zero-order valence-corrected chi connectivity index (χ0v) is 17.4. The topological polar surface area (TPSA) is 72.5 Å². The molecule has 0 aliphatic carbocycles. The van der Waals surface area contributed by atoms with Gasteiger partial charge in [0.25, 0.3) is 0 Å². The molecule has 1 amide bonds. The van der Waals surface area contributed by atoms with Crippen LogP contribution in [0.5, 0.6) is 5.75 Å². The van der Waals surface area contributed by atoms with E-state index in [2.05, 4.69) is 24.4 Å². The molecule has 0 aromatic heterocycles. The normalized spacial score (nSPS) is 11.2. The molecule has 28 heavy (non-hydrogen) atoms. The number of anilines is 1. The van der Waals surface area contributed by atoms with Crippen LogP contribution in [0, 0.1) is 0 Å². The number of hydrogen-bond acceptors (Lipinski definition) is 4. The number of carbonyl (C=O) groups excluding carboxylic acids is 1. The van der Waals surface area contributed by atoms with Gasteiger partial charge in [0.1, 0.15) is 5.75 Å². The second-order valence-electron chi connectivity index (χ2n) is 6.90. The van der Waals surface area contributed by atoms with Gasteiger partial charge in [-0.3, -0.25) is 4.79 Å². The first kappa shape index (κ1) is 22.0. The van der Waals surface area contributed by atoms with Gasteiger partial charge in [0.2, 0.25) is 5.91 Å². The minimum atomic E-state index is -3.20. The molecule has 0 unspecified atom stereocenters. The first-order valence-corrected chi connectivity index (χ1v) is 11.6. The average Bonchev–Trinajstić information content (AvgIpc) is 2.66. The van der Waals surface area contributed by atoms with Gasteiger partial charge >= 0.3 is 0 Å². The number of rotatable bonds is 11. The molecule has 2 rings (SSSR count). The van der Waals surface area contributed by atoms with E-state index in [4.69, 9.17) is 4.74 Å². The van der Waals surface area contributed by atoms with E-state index in [1.807, 2.05) is 12.1 Å². The Morgan fingerprint density at radius 2 is 1.64 bits per heavy atom. The number of amides is 1. The fourth-order valence-electron chi connectivity index (χ4n) is 2.76. The molecule has 5 nitrogen and oxygen atoms in total. The van der Waals surface area contributed by atoms with Crippen molar-refractivity contribution in [1.29, 1.82) is 0 Å². The molecule has 0 aliphatic heterocycles. The number of ether oxygens (including phenoxy) is 1. The molecule has 152 valence electrons. The molecule has 2 aromatic rings. The van der Waals surface area contributed by atoms with Crippen molar-refractivity contribution >= 4 is 21.4 Å². The standard InChI is InChI=1S/C22H29NO4S/c1-3-4-5-7-18-9-11-19(12-10-18)23-22(24)8-6-17-27-20-13-15-21(16-14-20)28(2,25)26/h9-16H,3-8,17H2,1-2H3,(H,23,24). The summed E-state index contributed by atoms with van der Waals surface area (Å²) in [6.07, 6.45) is 6.83. The quantitative estimate of drug-likeness (QED) is 0.556. The minimum Gasteiger partial charge on any atom is -0.494 e. The molecule has 0 saturated heterocycles. The van der Waals surface area contributed by atoms with Crippen LogP contribution in [0.1, 0.15) is 44.6 Å². The zero-order valence-electron chi connectivity index (χ0n) is 16.6. The minimum absolute atomic E-state index is 0.0465. The monoisotopic (exact) mass is 403 g/mol. The lowest BCUT2D eigenvalue weighted by Crippen LogP contribution is -2.12. The van der Waals surface area contributed by atoms with Crippen molar-refractivity contribution in [3.05, 3.63) is 54.1 Å². The van der Waals surface area contributed by atoms with E-state index >= 15 is 0 Å².